The number of nitrogens with two attached hydrogens (primary N) is 1. The molecular formula is C25H31N5O4. The summed E-state index contributed by atoms with van der Waals surface area (Å²) in [5.41, 5.74) is 8.99. The normalized spacial score (nSPS) is 10.6. The van der Waals surface area contributed by atoms with Crippen molar-refractivity contribution in [2.45, 2.75) is 20.3 Å². The summed E-state index contributed by atoms with van der Waals surface area (Å²) in [6.07, 6.45) is 2.18. The lowest BCUT2D eigenvalue weighted by molar-refractivity contribution is 0.0459. The van der Waals surface area contributed by atoms with Gasteiger partial charge >= 0.3 is 5.97 Å². The highest BCUT2D eigenvalue weighted by Crippen LogP contribution is 2.28. The lowest BCUT2D eigenvalue weighted by Crippen LogP contribution is -2.11. The number of nitrogens with one attached hydrogen (secondary N) is 2. The molecule has 1 aromatic heterocycles. The SMILES string of the molecule is COc1ccc(CCNc2ncnc(Nc3ccc(C(=O)OCC(C)C)cc3)c2N)cc1OC. The van der Waals surface area contributed by atoms with E-state index in [-0.39, 0.29) is 11.9 Å². The van der Waals surface area contributed by atoms with Gasteiger partial charge in [-0.2, -0.15) is 0 Å². The van der Waals surface area contributed by atoms with Crippen molar-refractivity contribution < 1.29 is 19.0 Å². The maximum atomic E-state index is 12.1. The van der Waals surface area contributed by atoms with E-state index in [0.29, 0.717) is 47.5 Å². The zero-order valence-electron chi connectivity index (χ0n) is 19.9. The highest BCUT2D eigenvalue weighted by Gasteiger charge is 2.11. The summed E-state index contributed by atoms with van der Waals surface area (Å²) in [6, 6.07) is 12.8. The van der Waals surface area contributed by atoms with E-state index >= 15 is 0 Å². The number of benzene rings is 2. The first-order valence-electron chi connectivity index (χ1n) is 11.0. The van der Waals surface area contributed by atoms with Crippen LogP contribution in [0.2, 0.25) is 0 Å². The fourth-order valence-electron chi connectivity index (χ4n) is 3.15. The number of hydrogen-bond acceptors (Lipinski definition) is 9. The fourth-order valence-corrected chi connectivity index (χ4v) is 3.15. The average Bonchev–Trinajstić information content (AvgIpc) is 2.85. The maximum Gasteiger partial charge on any atom is 0.338 e. The van der Waals surface area contributed by atoms with E-state index in [1.165, 1.54) is 6.33 Å². The lowest BCUT2D eigenvalue weighted by Gasteiger charge is -2.13. The van der Waals surface area contributed by atoms with E-state index in [4.69, 9.17) is 19.9 Å². The van der Waals surface area contributed by atoms with Gasteiger partial charge in [0.15, 0.2) is 23.1 Å². The third-order valence-electron chi connectivity index (χ3n) is 4.97. The molecule has 0 atom stereocenters. The Morgan fingerprint density at radius 1 is 1.00 bits per heavy atom. The van der Waals surface area contributed by atoms with Crippen LogP contribution in [0.4, 0.5) is 23.0 Å². The highest BCUT2D eigenvalue weighted by atomic mass is 16.5. The zero-order chi connectivity index (χ0) is 24.5. The van der Waals surface area contributed by atoms with E-state index < -0.39 is 0 Å². The van der Waals surface area contributed by atoms with Crippen LogP contribution in [0.25, 0.3) is 0 Å². The number of carbonyl (C=O) groups excluding carboxylic acids is 1. The van der Waals surface area contributed by atoms with Gasteiger partial charge in [-0.1, -0.05) is 19.9 Å². The molecule has 0 radical (unpaired) electrons. The van der Waals surface area contributed by atoms with Gasteiger partial charge < -0.3 is 30.6 Å². The molecule has 0 bridgehead atoms. The van der Waals surface area contributed by atoms with Crippen molar-refractivity contribution in [3.8, 4) is 11.5 Å². The van der Waals surface area contributed by atoms with Crippen LogP contribution in [-0.4, -0.2) is 43.3 Å². The topological polar surface area (TPSA) is 121 Å². The van der Waals surface area contributed by atoms with Crippen molar-refractivity contribution >= 4 is 29.0 Å². The van der Waals surface area contributed by atoms with E-state index in [9.17, 15) is 4.79 Å². The molecule has 3 rings (SSSR count). The Bertz CT molecular complexity index is 1100. The summed E-state index contributed by atoms with van der Waals surface area (Å²) in [7, 11) is 3.22. The number of esters is 1. The van der Waals surface area contributed by atoms with Gasteiger partial charge in [0.25, 0.3) is 0 Å². The molecule has 9 nitrogen and oxygen atoms in total. The summed E-state index contributed by atoms with van der Waals surface area (Å²) < 4.78 is 15.9. The van der Waals surface area contributed by atoms with Crippen molar-refractivity contribution in [2.24, 2.45) is 5.92 Å². The molecular weight excluding hydrogens is 434 g/mol. The minimum atomic E-state index is -0.345. The molecule has 2 aromatic carbocycles. The van der Waals surface area contributed by atoms with Crippen molar-refractivity contribution in [1.82, 2.24) is 9.97 Å². The van der Waals surface area contributed by atoms with Gasteiger partial charge in [0, 0.05) is 12.2 Å². The number of nitrogen functional groups attached to an aromatic ring is 1. The second kappa shape index (κ2) is 11.7. The Balaban J connectivity index is 1.60. The quantitative estimate of drug-likeness (QED) is 0.356. The van der Waals surface area contributed by atoms with Crippen LogP contribution >= 0.6 is 0 Å². The molecule has 1 heterocycles. The van der Waals surface area contributed by atoms with Gasteiger partial charge in [-0.25, -0.2) is 14.8 Å². The number of nitrogens with zero attached hydrogens (tertiary/aromatic N) is 2. The van der Waals surface area contributed by atoms with E-state index in [1.54, 1.807) is 38.5 Å². The van der Waals surface area contributed by atoms with Gasteiger partial charge in [-0.15, -0.1) is 0 Å². The second-order valence-electron chi connectivity index (χ2n) is 8.05. The van der Waals surface area contributed by atoms with Crippen molar-refractivity contribution in [2.75, 3.05) is 43.7 Å². The highest BCUT2D eigenvalue weighted by molar-refractivity contribution is 5.90. The Hall–Kier alpha value is -4.01. The van der Waals surface area contributed by atoms with Crippen molar-refractivity contribution in [3.63, 3.8) is 0 Å². The number of hydrogen-bond donors (Lipinski definition) is 3. The van der Waals surface area contributed by atoms with E-state index in [2.05, 4.69) is 20.6 Å². The fraction of sp³-hybridized carbons (Fsp3) is 0.320. The lowest BCUT2D eigenvalue weighted by atomic mass is 10.1. The number of anilines is 4. The van der Waals surface area contributed by atoms with Gasteiger partial charge in [-0.3, -0.25) is 0 Å². The molecule has 0 aliphatic heterocycles. The molecule has 0 amide bonds. The minimum Gasteiger partial charge on any atom is -0.493 e. The molecule has 0 unspecified atom stereocenters. The smallest absolute Gasteiger partial charge is 0.338 e. The third kappa shape index (κ3) is 6.50. The zero-order valence-corrected chi connectivity index (χ0v) is 19.9. The molecule has 9 heteroatoms. The Kier molecular flexibility index (Phi) is 8.50. The van der Waals surface area contributed by atoms with Crippen LogP contribution in [0.3, 0.4) is 0 Å². The number of carbonyl (C=O) groups is 1. The predicted octanol–water partition coefficient (Wildman–Crippen LogP) is 4.29. The maximum absolute atomic E-state index is 12.1. The van der Waals surface area contributed by atoms with Gasteiger partial charge in [0.1, 0.15) is 12.0 Å². The molecule has 180 valence electrons. The Morgan fingerprint density at radius 2 is 1.71 bits per heavy atom. The molecule has 3 aromatic rings. The summed E-state index contributed by atoms with van der Waals surface area (Å²) >= 11 is 0. The largest absolute Gasteiger partial charge is 0.493 e. The summed E-state index contributed by atoms with van der Waals surface area (Å²) in [5.74, 6) is 2.32. The molecule has 0 aliphatic carbocycles. The predicted molar refractivity (Wildman–Crippen MR) is 133 cm³/mol. The molecule has 0 aliphatic rings. The standard InChI is InChI=1S/C25H31N5O4/c1-16(2)14-34-25(31)18-6-8-19(9-7-18)30-24-22(26)23(28-15-29-24)27-12-11-17-5-10-20(32-3)21(13-17)33-4/h5-10,13,15-16H,11-12,14,26H2,1-4H3,(H2,27,28,29,30). The van der Waals surface area contributed by atoms with Crippen molar-refractivity contribution in [1.29, 1.82) is 0 Å². The number of methoxy groups -OCH3 is 2. The first kappa shape index (κ1) is 24.6. The first-order chi connectivity index (χ1) is 16.4. The first-order valence-corrected chi connectivity index (χ1v) is 11.0. The van der Waals surface area contributed by atoms with E-state index in [0.717, 1.165) is 17.7 Å². The van der Waals surface area contributed by atoms with Gasteiger partial charge in [0.2, 0.25) is 0 Å². The average molecular weight is 466 g/mol. The minimum absolute atomic E-state index is 0.285. The summed E-state index contributed by atoms with van der Waals surface area (Å²) in [6.45, 7) is 4.99. The monoisotopic (exact) mass is 465 g/mol. The molecule has 0 saturated heterocycles. The second-order valence-corrected chi connectivity index (χ2v) is 8.05. The summed E-state index contributed by atoms with van der Waals surface area (Å²) in [5, 5.41) is 6.42. The van der Waals surface area contributed by atoms with Crippen LogP contribution in [-0.2, 0) is 11.2 Å². The Labute approximate surface area is 199 Å². The van der Waals surface area contributed by atoms with E-state index in [1.807, 2.05) is 32.0 Å². The van der Waals surface area contributed by atoms with Crippen LogP contribution in [0, 0.1) is 5.92 Å². The summed E-state index contributed by atoms with van der Waals surface area (Å²) in [4.78, 5) is 20.6. The van der Waals surface area contributed by atoms with Crippen LogP contribution < -0.4 is 25.8 Å². The van der Waals surface area contributed by atoms with Crippen LogP contribution in [0.5, 0.6) is 11.5 Å². The van der Waals surface area contributed by atoms with Gasteiger partial charge in [-0.05, 0) is 54.3 Å². The number of rotatable bonds is 11. The third-order valence-corrected chi connectivity index (χ3v) is 4.97. The molecule has 0 fully saturated rings. The molecule has 0 saturated carbocycles. The van der Waals surface area contributed by atoms with Crippen molar-refractivity contribution in [3.05, 3.63) is 59.9 Å². The molecule has 0 spiro atoms. The number of ether oxygens (including phenoxy) is 3. The number of aromatic nitrogens is 2. The molecule has 34 heavy (non-hydrogen) atoms. The Morgan fingerprint density at radius 3 is 2.38 bits per heavy atom. The van der Waals surface area contributed by atoms with Gasteiger partial charge in [0.05, 0.1) is 26.4 Å². The van der Waals surface area contributed by atoms with Crippen LogP contribution in [0.1, 0.15) is 29.8 Å². The van der Waals surface area contributed by atoms with Crippen LogP contribution in [0.15, 0.2) is 48.8 Å². The molecule has 4 N–H and O–H groups in total.